The maximum absolute atomic E-state index is 6.17. The smallest absolute Gasteiger partial charge is 0.168 e. The fourth-order valence-corrected chi connectivity index (χ4v) is 42.7. The lowest BCUT2D eigenvalue weighted by atomic mass is 11.8. The van der Waals surface area contributed by atoms with Crippen LogP contribution in [0.5, 0.6) is 0 Å². The monoisotopic (exact) mass is 372 g/mol. The Labute approximate surface area is 114 Å². The van der Waals surface area contributed by atoms with Crippen molar-refractivity contribution in [1.82, 2.24) is 0 Å². The third kappa shape index (κ3) is 5.52. The van der Waals surface area contributed by atoms with Gasteiger partial charge in [0.25, 0.3) is 0 Å². The van der Waals surface area contributed by atoms with Gasteiger partial charge in [-0.25, -0.2) is 0 Å². The molecular formula is C3H7Cl7Si3. The quantitative estimate of drug-likeness (QED) is 0.470. The highest BCUT2D eigenvalue weighted by atomic mass is 35.8. The van der Waals surface area contributed by atoms with E-state index in [9.17, 15) is 0 Å². The van der Waals surface area contributed by atoms with Crippen molar-refractivity contribution in [3.63, 3.8) is 0 Å². The van der Waals surface area contributed by atoms with E-state index >= 15 is 0 Å². The van der Waals surface area contributed by atoms with E-state index in [2.05, 4.69) is 0 Å². The van der Waals surface area contributed by atoms with Crippen LogP contribution in [0.3, 0.4) is 0 Å². The van der Waals surface area contributed by atoms with Gasteiger partial charge in [-0.05, 0) is 0 Å². The summed E-state index contributed by atoms with van der Waals surface area (Å²) in [5.41, 5.74) is 0. The second-order valence-electron chi connectivity index (χ2n) is 3.08. The van der Waals surface area contributed by atoms with Crippen molar-refractivity contribution in [2.45, 2.75) is 17.9 Å². The molecule has 0 fully saturated rings. The standard InChI is InChI=1S/C3H7Cl7Si3/c1-11(2,4)3(12(5,6)7)13(8,9)10/h3H,1-2H3. The predicted octanol–water partition coefficient (Wildman–Crippen LogP) is 5.19. The molecule has 0 aromatic heterocycles. The molecule has 0 heterocycles. The Kier molecular flexibility index (Phi) is 5.91. The fourth-order valence-electron chi connectivity index (χ4n) is 0.964. The minimum atomic E-state index is -3.05. The molecule has 0 aliphatic carbocycles. The minimum Gasteiger partial charge on any atom is -0.168 e. The maximum Gasteiger partial charge on any atom is 0.344 e. The molecule has 0 saturated heterocycles. The highest BCUT2D eigenvalue weighted by Gasteiger charge is 2.59. The second kappa shape index (κ2) is 4.90. The van der Waals surface area contributed by atoms with Crippen molar-refractivity contribution in [3.8, 4) is 0 Å². The van der Waals surface area contributed by atoms with E-state index in [-0.39, 0.29) is 0 Å². The highest BCUT2D eigenvalue weighted by molar-refractivity contribution is 7.79. The highest BCUT2D eigenvalue weighted by Crippen LogP contribution is 2.52. The average Bonchev–Trinajstić information content (AvgIpc) is 1.44. The molecule has 0 saturated carbocycles. The molecule has 0 N–H and O–H groups in total. The Morgan fingerprint density at radius 1 is 0.692 bits per heavy atom. The Hall–Kier alpha value is 2.68. The minimum absolute atomic E-state index is 0.496. The van der Waals surface area contributed by atoms with Gasteiger partial charge in [0.2, 0.25) is 0 Å². The molecule has 0 aromatic rings. The van der Waals surface area contributed by atoms with Crippen LogP contribution in [0.4, 0.5) is 0 Å². The Balaban J connectivity index is 5.02. The molecule has 0 aromatic carbocycles. The van der Waals surface area contributed by atoms with Gasteiger partial charge in [0, 0.05) is 4.79 Å². The maximum atomic E-state index is 6.17. The van der Waals surface area contributed by atoms with Crippen LogP contribution in [0, 0.1) is 0 Å². The van der Waals surface area contributed by atoms with E-state index in [1.165, 1.54) is 0 Å². The first kappa shape index (κ1) is 15.7. The molecule has 0 unspecified atom stereocenters. The molecule has 13 heavy (non-hydrogen) atoms. The summed E-state index contributed by atoms with van der Waals surface area (Å²) in [7, 11) is -2.25. The topological polar surface area (TPSA) is 0 Å². The van der Waals surface area contributed by atoms with Crippen molar-refractivity contribution in [3.05, 3.63) is 0 Å². The van der Waals surface area contributed by atoms with Gasteiger partial charge in [0.15, 0.2) is 7.38 Å². The van der Waals surface area contributed by atoms with Crippen LogP contribution in [-0.2, 0) is 0 Å². The largest absolute Gasteiger partial charge is 0.344 e. The van der Waals surface area contributed by atoms with Crippen LogP contribution in [-0.4, -0.2) is 19.4 Å². The van der Waals surface area contributed by atoms with E-state index in [1.54, 1.807) is 0 Å². The Morgan fingerprint density at radius 3 is 0.923 bits per heavy atom. The van der Waals surface area contributed by atoms with Crippen molar-refractivity contribution < 1.29 is 0 Å². The normalized spacial score (nSPS) is 15.2. The summed E-state index contributed by atoms with van der Waals surface area (Å²) in [6, 6.07) is -6.09. The van der Waals surface area contributed by atoms with Crippen molar-refractivity contribution in [2.24, 2.45) is 0 Å². The molecule has 0 rings (SSSR count). The molecule has 0 atom stereocenters. The second-order valence-corrected chi connectivity index (χ2v) is 29.0. The number of hydrogen-bond acceptors (Lipinski definition) is 0. The average molecular weight is 376 g/mol. The Morgan fingerprint density at radius 2 is 0.923 bits per heavy atom. The summed E-state index contributed by atoms with van der Waals surface area (Å²) in [6.07, 6.45) is 0. The number of halogens is 7. The molecule has 0 amide bonds. The van der Waals surface area contributed by atoms with E-state index in [4.69, 9.17) is 77.6 Å². The first-order valence-electron chi connectivity index (χ1n) is 3.19. The fraction of sp³-hybridized carbons (Fsp3) is 1.00. The third-order valence-corrected chi connectivity index (χ3v) is 25.8. The van der Waals surface area contributed by atoms with Crippen LogP contribution in [0.1, 0.15) is 0 Å². The first-order chi connectivity index (χ1) is 5.37. The van der Waals surface area contributed by atoms with Crippen molar-refractivity contribution >= 4 is 96.9 Å². The van der Waals surface area contributed by atoms with E-state index in [0.29, 0.717) is 0 Å². The third-order valence-electron chi connectivity index (χ3n) is 1.34. The summed E-state index contributed by atoms with van der Waals surface area (Å²) in [5, 5.41) is 0. The van der Waals surface area contributed by atoms with Crippen LogP contribution in [0.15, 0.2) is 0 Å². The zero-order chi connectivity index (χ0) is 11.1. The Bertz CT molecular complexity index is 142. The van der Waals surface area contributed by atoms with Gasteiger partial charge in [-0.15, -0.1) is 66.5 Å². The zero-order valence-corrected chi connectivity index (χ0v) is 15.0. The van der Waals surface area contributed by atoms with Crippen molar-refractivity contribution in [2.75, 3.05) is 0 Å². The van der Waals surface area contributed by atoms with E-state index in [0.717, 1.165) is 0 Å². The molecule has 0 bridgehead atoms. The van der Waals surface area contributed by atoms with E-state index in [1.807, 2.05) is 13.1 Å². The number of hydrogen-bond donors (Lipinski definition) is 0. The van der Waals surface area contributed by atoms with Gasteiger partial charge in [0.1, 0.15) is 0 Å². The molecule has 0 radical (unpaired) electrons. The van der Waals surface area contributed by atoms with Gasteiger partial charge in [-0.1, -0.05) is 13.1 Å². The molecule has 80 valence electrons. The number of rotatable bonds is 3. The molecule has 0 aliphatic heterocycles. The van der Waals surface area contributed by atoms with Crippen LogP contribution >= 0.6 is 77.6 Å². The first-order valence-corrected chi connectivity index (χ1v) is 17.5. The summed E-state index contributed by atoms with van der Waals surface area (Å²) < 4.78 is 0. The van der Waals surface area contributed by atoms with Gasteiger partial charge < -0.3 is 0 Å². The van der Waals surface area contributed by atoms with Crippen LogP contribution in [0.2, 0.25) is 17.9 Å². The summed E-state index contributed by atoms with van der Waals surface area (Å²) >= 11 is 41.4. The summed E-state index contributed by atoms with van der Waals surface area (Å²) in [4.78, 5) is -0.496. The zero-order valence-electron chi connectivity index (χ0n) is 6.72. The lowest BCUT2D eigenvalue weighted by Gasteiger charge is -2.34. The lowest BCUT2D eigenvalue weighted by Crippen LogP contribution is -2.48. The van der Waals surface area contributed by atoms with Crippen LogP contribution in [0.25, 0.3) is 0 Å². The van der Waals surface area contributed by atoms with Gasteiger partial charge in [0.05, 0.1) is 0 Å². The van der Waals surface area contributed by atoms with Gasteiger partial charge in [-0.3, -0.25) is 0 Å². The molecule has 10 heteroatoms. The molecular weight excluding hydrogens is 368 g/mol. The van der Waals surface area contributed by atoms with Gasteiger partial charge in [-0.2, -0.15) is 11.1 Å². The van der Waals surface area contributed by atoms with Crippen LogP contribution < -0.4 is 0 Å². The van der Waals surface area contributed by atoms with Gasteiger partial charge >= 0.3 is 12.0 Å². The molecule has 0 aliphatic rings. The lowest BCUT2D eigenvalue weighted by molar-refractivity contribution is 1.62. The SMILES string of the molecule is C[Si](C)(Cl)C([Si](Cl)(Cl)Cl)[Si](Cl)(Cl)Cl. The molecule has 0 spiro atoms. The summed E-state index contributed by atoms with van der Waals surface area (Å²) in [6.45, 7) is 3.64. The predicted molar refractivity (Wildman–Crippen MR) is 73.7 cm³/mol. The van der Waals surface area contributed by atoms with Crippen molar-refractivity contribution in [1.29, 1.82) is 0 Å². The molecule has 0 nitrogen and oxygen atoms in total. The van der Waals surface area contributed by atoms with E-state index < -0.39 is 24.2 Å². The summed E-state index contributed by atoms with van der Waals surface area (Å²) in [5.74, 6) is 0.